The van der Waals surface area contributed by atoms with Crippen LogP contribution in [-0.2, 0) is 16.3 Å². The molecule has 1 aromatic carbocycles. The normalized spacial score (nSPS) is 19.8. The Labute approximate surface area is 125 Å². The summed E-state index contributed by atoms with van der Waals surface area (Å²) in [5.74, 6) is 6.13. The van der Waals surface area contributed by atoms with E-state index in [2.05, 4.69) is 23.6 Å². The predicted molar refractivity (Wildman–Crippen MR) is 84.5 cm³/mol. The zero-order chi connectivity index (χ0) is 14.6. The van der Waals surface area contributed by atoms with Gasteiger partial charge in [-0.2, -0.15) is 0 Å². The molecule has 112 valence electrons. The first-order valence-electron chi connectivity index (χ1n) is 6.97. The molecule has 20 heavy (non-hydrogen) atoms. The molecule has 0 amide bonds. The van der Waals surface area contributed by atoms with Gasteiger partial charge in [0.05, 0.1) is 5.75 Å². The number of fused-ring (bicyclic) bond motifs is 1. The molecule has 1 aliphatic heterocycles. The molecule has 1 aliphatic rings. The van der Waals surface area contributed by atoms with Gasteiger partial charge in [0.2, 0.25) is 0 Å². The van der Waals surface area contributed by atoms with Crippen LogP contribution in [0, 0.1) is 0 Å². The molecule has 0 bridgehead atoms. The summed E-state index contributed by atoms with van der Waals surface area (Å²) in [5.41, 5.74) is 4.23. The van der Waals surface area contributed by atoms with Gasteiger partial charge < -0.3 is 0 Å². The van der Waals surface area contributed by atoms with Crippen molar-refractivity contribution in [1.82, 2.24) is 5.43 Å². The second kappa shape index (κ2) is 6.93. The summed E-state index contributed by atoms with van der Waals surface area (Å²) >= 11 is 1.84. The smallest absolute Gasteiger partial charge is 0.150 e. The second-order valence-electron chi connectivity index (χ2n) is 5.12. The van der Waals surface area contributed by atoms with Crippen LogP contribution in [0.1, 0.15) is 25.3 Å². The highest BCUT2D eigenvalue weighted by molar-refractivity contribution is 8.00. The van der Waals surface area contributed by atoms with E-state index in [0.717, 1.165) is 12.8 Å². The van der Waals surface area contributed by atoms with Crippen molar-refractivity contribution in [3.63, 3.8) is 0 Å². The highest BCUT2D eigenvalue weighted by Crippen LogP contribution is 2.38. The van der Waals surface area contributed by atoms with Gasteiger partial charge in [0.15, 0.2) is 0 Å². The minimum absolute atomic E-state index is 0.152. The van der Waals surface area contributed by atoms with E-state index >= 15 is 0 Å². The third-order valence-corrected chi connectivity index (χ3v) is 6.99. The van der Waals surface area contributed by atoms with Gasteiger partial charge >= 0.3 is 0 Å². The minimum atomic E-state index is -2.88. The summed E-state index contributed by atoms with van der Waals surface area (Å²) < 4.78 is 23.0. The third-order valence-electron chi connectivity index (χ3n) is 3.75. The van der Waals surface area contributed by atoms with Gasteiger partial charge in [-0.05, 0) is 30.9 Å². The Kier molecular flexibility index (Phi) is 5.49. The first-order valence-corrected chi connectivity index (χ1v) is 9.67. The highest BCUT2D eigenvalue weighted by Gasteiger charge is 2.28. The van der Waals surface area contributed by atoms with E-state index in [1.165, 1.54) is 10.5 Å². The molecule has 6 heteroatoms. The molecule has 2 unspecified atom stereocenters. The van der Waals surface area contributed by atoms with Gasteiger partial charge in [-0.3, -0.25) is 11.3 Å². The second-order valence-corrected chi connectivity index (χ2v) is 8.87. The van der Waals surface area contributed by atoms with Crippen molar-refractivity contribution in [1.29, 1.82) is 0 Å². The topological polar surface area (TPSA) is 72.2 Å². The van der Waals surface area contributed by atoms with Crippen molar-refractivity contribution in [2.75, 3.05) is 11.5 Å². The number of benzene rings is 1. The van der Waals surface area contributed by atoms with E-state index in [-0.39, 0.29) is 17.5 Å². The Bertz CT molecular complexity index is 521. The molecule has 0 spiro atoms. The Balaban J connectivity index is 1.88. The predicted octanol–water partition coefficient (Wildman–Crippen LogP) is 1.75. The van der Waals surface area contributed by atoms with Gasteiger partial charge in [0.1, 0.15) is 9.84 Å². The Morgan fingerprint density at radius 2 is 2.20 bits per heavy atom. The molecular formula is C14H22N2O2S2. The zero-order valence-electron chi connectivity index (χ0n) is 11.7. The van der Waals surface area contributed by atoms with Crippen LogP contribution in [0.3, 0.4) is 0 Å². The molecule has 2 atom stereocenters. The lowest BCUT2D eigenvalue weighted by Crippen LogP contribution is -2.42. The quantitative estimate of drug-likeness (QED) is 0.592. The maximum atomic E-state index is 11.5. The SMILES string of the molecule is CCS(=O)(=O)CCCC(NN)C1Cc2ccccc2S1. The maximum absolute atomic E-state index is 11.5. The van der Waals surface area contributed by atoms with Crippen molar-refractivity contribution in [3.8, 4) is 0 Å². The molecule has 0 radical (unpaired) electrons. The molecule has 0 saturated heterocycles. The lowest BCUT2D eigenvalue weighted by atomic mass is 10.0. The van der Waals surface area contributed by atoms with Crippen LogP contribution in [0.5, 0.6) is 0 Å². The first kappa shape index (κ1) is 15.8. The highest BCUT2D eigenvalue weighted by atomic mass is 32.2. The van der Waals surface area contributed by atoms with Gasteiger partial charge in [-0.25, -0.2) is 8.42 Å². The van der Waals surface area contributed by atoms with Crippen LogP contribution in [0.2, 0.25) is 0 Å². The molecule has 3 N–H and O–H groups in total. The molecule has 4 nitrogen and oxygen atoms in total. The van der Waals surface area contributed by atoms with Crippen LogP contribution in [0.4, 0.5) is 0 Å². The van der Waals surface area contributed by atoms with E-state index in [1.54, 1.807) is 6.92 Å². The molecular weight excluding hydrogens is 292 g/mol. The Morgan fingerprint density at radius 1 is 1.45 bits per heavy atom. The first-order chi connectivity index (χ1) is 9.55. The molecule has 0 aliphatic carbocycles. The molecule has 1 heterocycles. The van der Waals surface area contributed by atoms with E-state index in [0.29, 0.717) is 11.7 Å². The van der Waals surface area contributed by atoms with Gasteiger partial charge in [0.25, 0.3) is 0 Å². The summed E-state index contributed by atoms with van der Waals surface area (Å²) in [4.78, 5) is 1.32. The number of hydrogen-bond acceptors (Lipinski definition) is 5. The van der Waals surface area contributed by atoms with E-state index < -0.39 is 9.84 Å². The van der Waals surface area contributed by atoms with Crippen LogP contribution in [0.25, 0.3) is 0 Å². The van der Waals surface area contributed by atoms with Gasteiger partial charge in [-0.1, -0.05) is 25.1 Å². The van der Waals surface area contributed by atoms with Crippen molar-refractivity contribution in [3.05, 3.63) is 29.8 Å². The van der Waals surface area contributed by atoms with Crippen molar-refractivity contribution < 1.29 is 8.42 Å². The third kappa shape index (κ3) is 3.97. The molecule has 0 aromatic heterocycles. The fraction of sp³-hybridized carbons (Fsp3) is 0.571. The van der Waals surface area contributed by atoms with Crippen LogP contribution >= 0.6 is 11.8 Å². The Hall–Kier alpha value is -0.560. The largest absolute Gasteiger partial charge is 0.271 e. The summed E-state index contributed by atoms with van der Waals surface area (Å²) in [6.45, 7) is 1.69. The van der Waals surface area contributed by atoms with Crippen LogP contribution < -0.4 is 11.3 Å². The number of hydrogen-bond donors (Lipinski definition) is 2. The maximum Gasteiger partial charge on any atom is 0.150 e. The standard InChI is InChI=1S/C14H22N2O2S2/c1-2-20(17,18)9-5-7-12(16-15)14-10-11-6-3-4-8-13(11)19-14/h3-4,6,8,12,14,16H,2,5,7,9-10,15H2,1H3. The molecule has 0 fully saturated rings. The summed E-state index contributed by atoms with van der Waals surface area (Å²) in [7, 11) is -2.88. The summed E-state index contributed by atoms with van der Waals surface area (Å²) in [5, 5.41) is 0.390. The lowest BCUT2D eigenvalue weighted by Gasteiger charge is -2.21. The van der Waals surface area contributed by atoms with Crippen molar-refractivity contribution >= 4 is 21.6 Å². The van der Waals surface area contributed by atoms with Gasteiger partial charge in [0, 0.05) is 21.9 Å². The number of hydrazine groups is 1. The average molecular weight is 314 g/mol. The van der Waals surface area contributed by atoms with E-state index in [9.17, 15) is 8.42 Å². The van der Waals surface area contributed by atoms with Gasteiger partial charge in [-0.15, -0.1) is 11.8 Å². The Morgan fingerprint density at radius 3 is 2.85 bits per heavy atom. The fourth-order valence-corrected chi connectivity index (χ4v) is 4.80. The summed E-state index contributed by atoms with van der Waals surface area (Å²) in [6, 6.07) is 8.54. The fourth-order valence-electron chi connectivity index (χ4n) is 2.48. The molecule has 0 saturated carbocycles. The van der Waals surface area contributed by atoms with Crippen molar-refractivity contribution in [2.24, 2.45) is 5.84 Å². The monoisotopic (exact) mass is 314 g/mol. The number of rotatable bonds is 7. The number of nitrogens with two attached hydrogens (primary N) is 1. The molecule has 1 aromatic rings. The van der Waals surface area contributed by atoms with E-state index in [1.807, 2.05) is 17.8 Å². The average Bonchev–Trinajstić information content (AvgIpc) is 2.87. The minimum Gasteiger partial charge on any atom is -0.271 e. The van der Waals surface area contributed by atoms with E-state index in [4.69, 9.17) is 5.84 Å². The lowest BCUT2D eigenvalue weighted by molar-refractivity contribution is 0.472. The van der Waals surface area contributed by atoms with Crippen LogP contribution in [0.15, 0.2) is 29.2 Å². The van der Waals surface area contributed by atoms with Crippen LogP contribution in [-0.4, -0.2) is 31.2 Å². The number of nitrogens with one attached hydrogen (secondary N) is 1. The summed E-state index contributed by atoms with van der Waals surface area (Å²) in [6.07, 6.45) is 2.45. The van der Waals surface area contributed by atoms with Crippen molar-refractivity contribution in [2.45, 2.75) is 42.4 Å². The number of sulfone groups is 1. The zero-order valence-corrected chi connectivity index (χ0v) is 13.3. The molecule has 2 rings (SSSR count). The number of thioether (sulfide) groups is 1.